The fraction of sp³-hybridized carbons (Fsp3) is 0.524. The second-order valence-electron chi connectivity index (χ2n) is 8.05. The molecular formula is C21H31FIN5. The summed E-state index contributed by atoms with van der Waals surface area (Å²) in [5, 5.41) is 3.47. The van der Waals surface area contributed by atoms with Crippen LogP contribution in [0.5, 0.6) is 0 Å². The lowest BCUT2D eigenvalue weighted by Gasteiger charge is -2.40. The normalized spacial score (nSPS) is 20.6. The topological polar surface area (TPSA) is 45.5 Å². The quantitative estimate of drug-likeness (QED) is 0.392. The maximum absolute atomic E-state index is 14.2. The van der Waals surface area contributed by atoms with E-state index in [-0.39, 0.29) is 35.2 Å². The number of aliphatic imine (C=N–C) groups is 1. The smallest absolute Gasteiger partial charge is 0.193 e. The highest BCUT2D eigenvalue weighted by Gasteiger charge is 2.30. The molecule has 1 N–H and O–H groups in total. The van der Waals surface area contributed by atoms with Gasteiger partial charge in [-0.25, -0.2) is 9.37 Å². The van der Waals surface area contributed by atoms with E-state index in [4.69, 9.17) is 0 Å². The molecule has 2 unspecified atom stereocenters. The Kier molecular flexibility index (Phi) is 7.86. The molecule has 5 nitrogen and oxygen atoms in total. The largest absolute Gasteiger partial charge is 0.355 e. The number of halogens is 2. The van der Waals surface area contributed by atoms with Crippen molar-refractivity contribution in [3.05, 3.63) is 54.4 Å². The molecule has 7 heteroatoms. The van der Waals surface area contributed by atoms with Crippen LogP contribution in [-0.4, -0.2) is 47.1 Å². The summed E-state index contributed by atoms with van der Waals surface area (Å²) in [6.45, 7) is 8.86. The van der Waals surface area contributed by atoms with Gasteiger partial charge >= 0.3 is 0 Å². The molecule has 2 atom stereocenters. The lowest BCUT2D eigenvalue weighted by atomic mass is 9.84. The van der Waals surface area contributed by atoms with Gasteiger partial charge < -0.3 is 14.8 Å². The summed E-state index contributed by atoms with van der Waals surface area (Å²) >= 11 is 0. The summed E-state index contributed by atoms with van der Waals surface area (Å²) in [5.41, 5.74) is 0.380. The lowest BCUT2D eigenvalue weighted by Crippen LogP contribution is -2.51. The Bertz CT molecular complexity index is 775. The average molecular weight is 499 g/mol. The van der Waals surface area contributed by atoms with Crippen molar-refractivity contribution in [3.63, 3.8) is 0 Å². The minimum atomic E-state index is -0.339. The van der Waals surface area contributed by atoms with Gasteiger partial charge in [0.25, 0.3) is 0 Å². The Hall–Kier alpha value is -1.64. The monoisotopic (exact) mass is 499 g/mol. The molecule has 1 saturated heterocycles. The van der Waals surface area contributed by atoms with Crippen LogP contribution in [0.2, 0.25) is 0 Å². The standard InChI is InChI=1S/C21H30FN5.HI/c1-16-9-11-26(13-19(16)27-12-10-24-15-27)20(23-4)25-14-21(2,3)17-7-5-6-8-18(17)22;/h5-8,10,12,15-16,19H,9,11,13-14H2,1-4H3,(H,23,25);1H. The number of nitrogens with zero attached hydrogens (tertiary/aromatic N) is 4. The molecule has 0 radical (unpaired) electrons. The van der Waals surface area contributed by atoms with Crippen molar-refractivity contribution in [2.45, 2.75) is 38.6 Å². The van der Waals surface area contributed by atoms with Gasteiger partial charge in [-0.1, -0.05) is 39.0 Å². The fourth-order valence-electron chi connectivity index (χ4n) is 3.83. The van der Waals surface area contributed by atoms with E-state index in [1.165, 1.54) is 6.07 Å². The van der Waals surface area contributed by atoms with Gasteiger partial charge in [0.05, 0.1) is 12.4 Å². The highest BCUT2D eigenvalue weighted by atomic mass is 127. The second kappa shape index (κ2) is 9.71. The van der Waals surface area contributed by atoms with Crippen LogP contribution in [-0.2, 0) is 5.41 Å². The van der Waals surface area contributed by atoms with Gasteiger partial charge in [-0.3, -0.25) is 4.99 Å². The maximum atomic E-state index is 14.2. The molecule has 3 rings (SSSR count). The van der Waals surface area contributed by atoms with E-state index in [2.05, 4.69) is 45.5 Å². The highest BCUT2D eigenvalue weighted by Crippen LogP contribution is 2.28. The molecule has 28 heavy (non-hydrogen) atoms. The van der Waals surface area contributed by atoms with Crippen LogP contribution in [0.1, 0.15) is 38.8 Å². The van der Waals surface area contributed by atoms with Crippen molar-refractivity contribution in [2.75, 3.05) is 26.7 Å². The zero-order chi connectivity index (χ0) is 19.4. The maximum Gasteiger partial charge on any atom is 0.193 e. The van der Waals surface area contributed by atoms with E-state index in [1.807, 2.05) is 37.9 Å². The number of rotatable bonds is 4. The number of aromatic nitrogens is 2. The van der Waals surface area contributed by atoms with E-state index in [1.54, 1.807) is 6.07 Å². The minimum Gasteiger partial charge on any atom is -0.355 e. The summed E-state index contributed by atoms with van der Waals surface area (Å²) in [4.78, 5) is 11.0. The van der Waals surface area contributed by atoms with Crippen LogP contribution in [0.15, 0.2) is 48.0 Å². The summed E-state index contributed by atoms with van der Waals surface area (Å²) in [5.74, 6) is 1.30. The third-order valence-corrected chi connectivity index (χ3v) is 5.63. The third kappa shape index (κ3) is 5.04. The lowest BCUT2D eigenvalue weighted by molar-refractivity contribution is 0.188. The van der Waals surface area contributed by atoms with E-state index >= 15 is 0 Å². The summed E-state index contributed by atoms with van der Waals surface area (Å²) < 4.78 is 16.4. The molecule has 0 amide bonds. The number of guanidine groups is 1. The van der Waals surface area contributed by atoms with Gasteiger partial charge in [-0.15, -0.1) is 24.0 Å². The number of imidazole rings is 1. The molecule has 1 aromatic carbocycles. The van der Waals surface area contributed by atoms with Gasteiger partial charge in [-0.05, 0) is 24.0 Å². The van der Waals surface area contributed by atoms with E-state index in [9.17, 15) is 4.39 Å². The third-order valence-electron chi connectivity index (χ3n) is 5.63. The Labute approximate surface area is 184 Å². The number of hydrogen-bond donors (Lipinski definition) is 1. The Balaban J connectivity index is 0.00000280. The van der Waals surface area contributed by atoms with Crippen LogP contribution < -0.4 is 5.32 Å². The van der Waals surface area contributed by atoms with Crippen LogP contribution in [0.3, 0.4) is 0 Å². The van der Waals surface area contributed by atoms with Gasteiger partial charge in [0, 0.05) is 44.5 Å². The first kappa shape index (κ1) is 22.6. The van der Waals surface area contributed by atoms with Crippen molar-refractivity contribution in [1.82, 2.24) is 19.8 Å². The first-order chi connectivity index (χ1) is 12.9. The number of piperidine rings is 1. The van der Waals surface area contributed by atoms with Gasteiger partial charge in [0.15, 0.2) is 5.96 Å². The molecule has 1 aliphatic heterocycles. The number of nitrogens with one attached hydrogen (secondary N) is 1. The fourth-order valence-corrected chi connectivity index (χ4v) is 3.83. The first-order valence-electron chi connectivity index (χ1n) is 9.60. The van der Waals surface area contributed by atoms with Gasteiger partial charge in [-0.2, -0.15) is 0 Å². The summed E-state index contributed by atoms with van der Waals surface area (Å²) in [6, 6.07) is 7.37. The van der Waals surface area contributed by atoms with Gasteiger partial charge in [0.2, 0.25) is 0 Å². The van der Waals surface area contributed by atoms with Crippen molar-refractivity contribution < 1.29 is 4.39 Å². The number of hydrogen-bond acceptors (Lipinski definition) is 2. The van der Waals surface area contributed by atoms with Crippen molar-refractivity contribution in [2.24, 2.45) is 10.9 Å². The van der Waals surface area contributed by atoms with Gasteiger partial charge in [0.1, 0.15) is 5.82 Å². The van der Waals surface area contributed by atoms with E-state index in [0.717, 1.165) is 31.0 Å². The van der Waals surface area contributed by atoms with E-state index in [0.29, 0.717) is 18.5 Å². The van der Waals surface area contributed by atoms with Crippen LogP contribution in [0, 0.1) is 11.7 Å². The number of benzene rings is 1. The SMILES string of the molecule is CN=C(NCC(C)(C)c1ccccc1F)N1CCC(C)C(n2ccnc2)C1.I. The molecule has 0 saturated carbocycles. The predicted molar refractivity (Wildman–Crippen MR) is 123 cm³/mol. The molecule has 0 aliphatic carbocycles. The predicted octanol–water partition coefficient (Wildman–Crippen LogP) is 4.08. The highest BCUT2D eigenvalue weighted by molar-refractivity contribution is 14.0. The number of likely N-dealkylation sites (tertiary alicyclic amines) is 1. The molecule has 2 heterocycles. The van der Waals surface area contributed by atoms with Crippen molar-refractivity contribution in [1.29, 1.82) is 0 Å². The van der Waals surface area contributed by atoms with Crippen molar-refractivity contribution >= 4 is 29.9 Å². The molecular weight excluding hydrogens is 468 g/mol. The minimum absolute atomic E-state index is 0. The molecule has 1 fully saturated rings. The molecule has 1 aliphatic rings. The second-order valence-corrected chi connectivity index (χ2v) is 8.05. The molecule has 2 aromatic rings. The first-order valence-corrected chi connectivity index (χ1v) is 9.60. The molecule has 0 bridgehead atoms. The molecule has 154 valence electrons. The Morgan fingerprint density at radius 2 is 2.11 bits per heavy atom. The zero-order valence-electron chi connectivity index (χ0n) is 17.1. The van der Waals surface area contributed by atoms with Crippen LogP contribution >= 0.6 is 24.0 Å². The molecule has 0 spiro atoms. The van der Waals surface area contributed by atoms with Crippen LogP contribution in [0.4, 0.5) is 4.39 Å². The van der Waals surface area contributed by atoms with Crippen molar-refractivity contribution in [3.8, 4) is 0 Å². The Morgan fingerprint density at radius 1 is 1.36 bits per heavy atom. The molecule has 1 aromatic heterocycles. The van der Waals surface area contributed by atoms with E-state index < -0.39 is 0 Å². The summed E-state index contributed by atoms with van der Waals surface area (Å²) in [7, 11) is 1.81. The average Bonchev–Trinajstić information content (AvgIpc) is 3.18. The zero-order valence-corrected chi connectivity index (χ0v) is 19.4. The van der Waals surface area contributed by atoms with Crippen LogP contribution in [0.25, 0.3) is 0 Å². The Morgan fingerprint density at radius 3 is 2.75 bits per heavy atom. The summed E-state index contributed by atoms with van der Waals surface area (Å²) in [6.07, 6.45) is 6.85.